The number of nitrogens with two attached hydrogens (primary N) is 1. The van der Waals surface area contributed by atoms with E-state index in [2.05, 4.69) is 50.0 Å². The van der Waals surface area contributed by atoms with Crippen LogP contribution >= 0.6 is 34.8 Å². The van der Waals surface area contributed by atoms with Crippen molar-refractivity contribution in [3.05, 3.63) is 18.0 Å². The second kappa shape index (κ2) is 12.7. The molecule has 0 aliphatic carbocycles. The Morgan fingerprint density at radius 2 is 1.87 bits per heavy atom. The van der Waals surface area contributed by atoms with E-state index in [0.717, 1.165) is 12.0 Å². The largest absolute Gasteiger partial charge is 0.465 e. The summed E-state index contributed by atoms with van der Waals surface area (Å²) in [4.78, 5) is 20.6. The third-order valence-electron chi connectivity index (χ3n) is 4.67. The van der Waals surface area contributed by atoms with Crippen molar-refractivity contribution in [3.63, 3.8) is 0 Å². The average molecular weight is 520 g/mol. The van der Waals surface area contributed by atoms with E-state index in [-0.39, 0.29) is 17.6 Å². The minimum Gasteiger partial charge on any atom is -0.465 e. The van der Waals surface area contributed by atoms with Gasteiger partial charge in [-0.05, 0) is 30.1 Å². The lowest BCUT2D eigenvalue weighted by atomic mass is 10.0. The van der Waals surface area contributed by atoms with Crippen LogP contribution in [0.5, 0.6) is 0 Å². The molecule has 4 N–H and O–H groups in total. The van der Waals surface area contributed by atoms with E-state index < -0.39 is 24.3 Å². The normalized spacial score (nSPS) is 13.1. The van der Waals surface area contributed by atoms with E-state index in [0.29, 0.717) is 13.2 Å². The summed E-state index contributed by atoms with van der Waals surface area (Å²) in [6.07, 6.45) is 2.55. The van der Waals surface area contributed by atoms with Crippen molar-refractivity contribution in [2.24, 2.45) is 18.7 Å². The van der Waals surface area contributed by atoms with Crippen LogP contribution in [0.2, 0.25) is 18.1 Å². The molecule has 0 aliphatic rings. The van der Waals surface area contributed by atoms with Gasteiger partial charge in [0.2, 0.25) is 3.79 Å². The fourth-order valence-corrected chi connectivity index (χ4v) is 3.32. The number of aromatic nitrogens is 2. The van der Waals surface area contributed by atoms with Crippen LogP contribution in [0.15, 0.2) is 12.4 Å². The lowest BCUT2D eigenvalue weighted by Crippen LogP contribution is -2.43. The second-order valence-corrected chi connectivity index (χ2v) is 15.9. The first-order valence-electron chi connectivity index (χ1n) is 9.50. The monoisotopic (exact) mass is 518 g/mol. The molecule has 2 amide bonds. The van der Waals surface area contributed by atoms with E-state index in [4.69, 9.17) is 53.9 Å². The summed E-state index contributed by atoms with van der Waals surface area (Å²) in [5, 5.41) is 14.2. The highest BCUT2D eigenvalue weighted by Crippen LogP contribution is 2.36. The molecule has 9 nitrogen and oxygen atoms in total. The third kappa shape index (κ3) is 14.5. The van der Waals surface area contributed by atoms with Crippen LogP contribution < -0.4 is 11.1 Å². The summed E-state index contributed by atoms with van der Waals surface area (Å²) in [5.74, 6) is 0.0728. The Labute approximate surface area is 199 Å². The Morgan fingerprint density at radius 1 is 1.32 bits per heavy atom. The predicted molar refractivity (Wildman–Crippen MR) is 125 cm³/mol. The fourth-order valence-electron chi connectivity index (χ4n) is 2.07. The number of ether oxygens (including phenoxy) is 1. The lowest BCUT2D eigenvalue weighted by Gasteiger charge is -2.37. The zero-order valence-electron chi connectivity index (χ0n) is 18.7. The SMILES string of the molecule is Cn1cc(CC(CNC(=O)OCC(Cl)(Cl)Cl)CO[Si](C)(C)C(C)(C)C)cn1.NC(=O)O. The Hall–Kier alpha value is -1.20. The van der Waals surface area contributed by atoms with Crippen molar-refractivity contribution >= 4 is 55.3 Å². The molecule has 0 saturated heterocycles. The number of carbonyl (C=O) groups is 2. The van der Waals surface area contributed by atoms with Crippen molar-refractivity contribution in [2.75, 3.05) is 19.8 Å². The Bertz CT molecular complexity index is 701. The molecule has 0 bridgehead atoms. The minimum atomic E-state index is -1.89. The molecule has 31 heavy (non-hydrogen) atoms. The third-order valence-corrected chi connectivity index (χ3v) is 9.50. The van der Waals surface area contributed by atoms with Crippen molar-refractivity contribution in [2.45, 2.75) is 49.1 Å². The number of carbonyl (C=O) groups excluding carboxylic acids is 1. The molecule has 13 heteroatoms. The number of nitrogens with one attached hydrogen (secondary N) is 1. The maximum Gasteiger partial charge on any atom is 0.407 e. The molecular formula is C18H33Cl3N4O5Si. The maximum absolute atomic E-state index is 11.9. The molecule has 1 rings (SSSR count). The van der Waals surface area contributed by atoms with E-state index >= 15 is 0 Å². The first-order chi connectivity index (χ1) is 13.9. The number of aryl methyl sites for hydroxylation is 1. The van der Waals surface area contributed by atoms with Gasteiger partial charge >= 0.3 is 12.2 Å². The smallest absolute Gasteiger partial charge is 0.407 e. The summed E-state index contributed by atoms with van der Waals surface area (Å²) >= 11 is 16.8. The highest BCUT2D eigenvalue weighted by Gasteiger charge is 2.37. The number of hydrogen-bond acceptors (Lipinski definition) is 5. The summed E-state index contributed by atoms with van der Waals surface area (Å²) in [6, 6.07) is 0. The molecular weight excluding hydrogens is 487 g/mol. The van der Waals surface area contributed by atoms with Gasteiger partial charge in [-0.3, -0.25) is 4.68 Å². The standard InChI is InChI=1S/C17H30Cl3N3O3Si.CH3NO2/c1-16(2,3)27(5,6)26-11-14(7-13-9-22-23(4)10-13)8-21-15(24)25-12-17(18,19)20;2-1(3)4/h9-10,14H,7-8,11-12H2,1-6H3,(H,21,24);2H2,(H,3,4). The van der Waals surface area contributed by atoms with Crippen molar-refractivity contribution in [3.8, 4) is 0 Å². The summed E-state index contributed by atoms with van der Waals surface area (Å²) in [6.45, 7) is 11.6. The van der Waals surface area contributed by atoms with Crippen molar-refractivity contribution in [1.29, 1.82) is 0 Å². The van der Waals surface area contributed by atoms with Gasteiger partial charge in [0.15, 0.2) is 8.32 Å². The van der Waals surface area contributed by atoms with E-state index in [9.17, 15) is 4.79 Å². The minimum absolute atomic E-state index is 0.0728. The highest BCUT2D eigenvalue weighted by molar-refractivity contribution is 6.74. The molecule has 0 aromatic carbocycles. The van der Waals surface area contributed by atoms with Gasteiger partial charge in [0, 0.05) is 32.3 Å². The van der Waals surface area contributed by atoms with E-state index in [1.165, 1.54) is 0 Å². The number of nitrogens with zero attached hydrogens (tertiary/aromatic N) is 2. The Kier molecular flexibility index (Phi) is 12.2. The Morgan fingerprint density at radius 3 is 2.29 bits per heavy atom. The van der Waals surface area contributed by atoms with Gasteiger partial charge < -0.3 is 25.3 Å². The topological polar surface area (TPSA) is 129 Å². The molecule has 0 saturated carbocycles. The van der Waals surface area contributed by atoms with Crippen LogP contribution in [0.3, 0.4) is 0 Å². The zero-order valence-corrected chi connectivity index (χ0v) is 22.0. The van der Waals surface area contributed by atoms with E-state index in [1.54, 1.807) is 4.68 Å². The maximum atomic E-state index is 11.9. The number of hydrogen-bond donors (Lipinski definition) is 3. The molecule has 1 aromatic heterocycles. The number of rotatable bonds is 8. The molecule has 1 heterocycles. The number of halogens is 3. The molecule has 180 valence electrons. The van der Waals surface area contributed by atoms with Crippen LogP contribution in [-0.4, -0.2) is 58.9 Å². The lowest BCUT2D eigenvalue weighted by molar-refractivity contribution is 0.143. The molecule has 1 aromatic rings. The van der Waals surface area contributed by atoms with Crippen LogP contribution in [-0.2, 0) is 22.6 Å². The fraction of sp³-hybridized carbons (Fsp3) is 0.722. The summed E-state index contributed by atoms with van der Waals surface area (Å²) < 4.78 is 11.4. The molecule has 0 fully saturated rings. The van der Waals surface area contributed by atoms with Crippen LogP contribution in [0, 0.1) is 5.92 Å². The predicted octanol–water partition coefficient (Wildman–Crippen LogP) is 4.32. The van der Waals surface area contributed by atoms with E-state index in [1.807, 2.05) is 19.4 Å². The first-order valence-corrected chi connectivity index (χ1v) is 13.5. The number of alkyl carbamates (subject to hydrolysis) is 1. The first kappa shape index (κ1) is 29.8. The number of primary amides is 1. The van der Waals surface area contributed by atoms with Gasteiger partial charge in [-0.15, -0.1) is 0 Å². The van der Waals surface area contributed by atoms with Crippen LogP contribution in [0.25, 0.3) is 0 Å². The second-order valence-electron chi connectivity index (χ2n) is 8.57. The molecule has 0 aliphatic heterocycles. The summed E-state index contributed by atoms with van der Waals surface area (Å²) in [5.41, 5.74) is 5.11. The van der Waals surface area contributed by atoms with Crippen molar-refractivity contribution in [1.82, 2.24) is 15.1 Å². The van der Waals surface area contributed by atoms with Gasteiger partial charge in [-0.2, -0.15) is 5.10 Å². The number of amides is 2. The van der Waals surface area contributed by atoms with Crippen LogP contribution in [0.1, 0.15) is 26.3 Å². The molecule has 0 spiro atoms. The number of carboxylic acid groups (broad SMARTS) is 1. The average Bonchev–Trinajstić information content (AvgIpc) is 2.98. The van der Waals surface area contributed by atoms with Crippen LogP contribution in [0.4, 0.5) is 9.59 Å². The molecule has 0 radical (unpaired) electrons. The van der Waals surface area contributed by atoms with Gasteiger partial charge in [-0.1, -0.05) is 55.6 Å². The molecule has 1 unspecified atom stereocenters. The van der Waals surface area contributed by atoms with Gasteiger partial charge in [-0.25, -0.2) is 9.59 Å². The Balaban J connectivity index is 0.00000206. The summed E-state index contributed by atoms with van der Waals surface area (Å²) in [7, 11) is -0.0211. The highest BCUT2D eigenvalue weighted by atomic mass is 35.6. The molecule has 1 atom stereocenters. The van der Waals surface area contributed by atoms with Gasteiger partial charge in [0.1, 0.15) is 6.61 Å². The zero-order chi connectivity index (χ0) is 24.5. The number of alkyl halides is 3. The quantitative estimate of drug-likeness (QED) is 0.346. The van der Waals surface area contributed by atoms with Gasteiger partial charge in [0.25, 0.3) is 0 Å². The van der Waals surface area contributed by atoms with Gasteiger partial charge in [0.05, 0.1) is 6.20 Å². The van der Waals surface area contributed by atoms with Crippen molar-refractivity contribution < 1.29 is 23.9 Å².